The van der Waals surface area contributed by atoms with Crippen LogP contribution in [-0.2, 0) is 15.4 Å². The van der Waals surface area contributed by atoms with E-state index in [2.05, 4.69) is 20.8 Å². The molecule has 7 heteroatoms. The topological polar surface area (TPSA) is 57.7 Å². The molecule has 0 N–H and O–H groups in total. The van der Waals surface area contributed by atoms with Crippen molar-refractivity contribution in [2.75, 3.05) is 31.1 Å². The van der Waals surface area contributed by atoms with Crippen molar-refractivity contribution in [3.8, 4) is 0 Å². The van der Waals surface area contributed by atoms with Crippen molar-refractivity contribution in [2.45, 2.75) is 38.0 Å². The Bertz CT molecular complexity index is 1000. The molecule has 156 valence electrons. The molecular formula is C22H27FN2O3S. The van der Waals surface area contributed by atoms with Gasteiger partial charge in [-0.15, -0.1) is 0 Å². The first-order valence-electron chi connectivity index (χ1n) is 9.67. The third-order valence-electron chi connectivity index (χ3n) is 5.28. The predicted molar refractivity (Wildman–Crippen MR) is 113 cm³/mol. The first-order chi connectivity index (χ1) is 13.5. The van der Waals surface area contributed by atoms with Crippen molar-refractivity contribution in [3.05, 3.63) is 59.4 Å². The molecule has 0 amide bonds. The molecule has 29 heavy (non-hydrogen) atoms. The average Bonchev–Trinajstić information content (AvgIpc) is 2.67. The number of carbonyl (C=O) groups is 1. The fraction of sp³-hybridized carbons (Fsp3) is 0.409. The van der Waals surface area contributed by atoms with Gasteiger partial charge < -0.3 is 4.90 Å². The monoisotopic (exact) mass is 418 g/mol. The lowest BCUT2D eigenvalue weighted by molar-refractivity contribution is 0.101. The Morgan fingerprint density at radius 1 is 0.966 bits per heavy atom. The smallest absolute Gasteiger partial charge is 0.243 e. The second kappa shape index (κ2) is 7.88. The molecule has 1 aliphatic rings. The maximum Gasteiger partial charge on any atom is 0.243 e. The number of anilines is 1. The Morgan fingerprint density at radius 2 is 1.55 bits per heavy atom. The third-order valence-corrected chi connectivity index (χ3v) is 7.19. The van der Waals surface area contributed by atoms with Crippen LogP contribution in [0.2, 0.25) is 0 Å². The summed E-state index contributed by atoms with van der Waals surface area (Å²) in [6, 6.07) is 11.6. The summed E-state index contributed by atoms with van der Waals surface area (Å²) in [6.45, 7) is 8.91. The van der Waals surface area contributed by atoms with Crippen LogP contribution in [0.5, 0.6) is 0 Å². The zero-order valence-electron chi connectivity index (χ0n) is 17.3. The molecule has 0 unspecified atom stereocenters. The molecule has 1 heterocycles. The summed E-state index contributed by atoms with van der Waals surface area (Å²) in [6.07, 6.45) is 0. The first kappa shape index (κ1) is 21.5. The molecule has 0 radical (unpaired) electrons. The molecule has 0 saturated carbocycles. The molecule has 0 atom stereocenters. The van der Waals surface area contributed by atoms with Gasteiger partial charge in [0.05, 0.1) is 16.1 Å². The van der Waals surface area contributed by atoms with E-state index in [4.69, 9.17) is 0 Å². The number of nitrogens with zero attached hydrogens (tertiary/aromatic N) is 2. The summed E-state index contributed by atoms with van der Waals surface area (Å²) < 4.78 is 41.6. The number of hydrogen-bond acceptors (Lipinski definition) is 4. The van der Waals surface area contributed by atoms with E-state index >= 15 is 0 Å². The van der Waals surface area contributed by atoms with E-state index in [1.54, 1.807) is 24.3 Å². The lowest BCUT2D eigenvalue weighted by atomic mass is 9.87. The van der Waals surface area contributed by atoms with Gasteiger partial charge in [0, 0.05) is 26.2 Å². The zero-order chi connectivity index (χ0) is 21.4. The second-order valence-electron chi connectivity index (χ2n) is 8.36. The summed E-state index contributed by atoms with van der Waals surface area (Å²) in [5.74, 6) is -0.893. The maximum atomic E-state index is 14.1. The van der Waals surface area contributed by atoms with Gasteiger partial charge in [-0.25, -0.2) is 12.8 Å². The molecule has 2 aromatic rings. The number of ketones is 1. The van der Waals surface area contributed by atoms with Gasteiger partial charge in [-0.2, -0.15) is 4.31 Å². The Morgan fingerprint density at radius 3 is 2.07 bits per heavy atom. The van der Waals surface area contributed by atoms with Crippen molar-refractivity contribution >= 4 is 21.5 Å². The minimum Gasteiger partial charge on any atom is -0.368 e. The number of halogens is 1. The minimum atomic E-state index is -3.60. The van der Waals surface area contributed by atoms with Gasteiger partial charge in [-0.1, -0.05) is 39.0 Å². The summed E-state index contributed by atoms with van der Waals surface area (Å²) in [7, 11) is -3.60. The zero-order valence-corrected chi connectivity index (χ0v) is 18.1. The Balaban J connectivity index is 1.77. The SMILES string of the molecule is CC(=O)c1c(F)cccc1N1CCN(S(=O)(=O)c2ccc(C(C)(C)C)cc2)CC1. The minimum absolute atomic E-state index is 0.0483. The highest BCUT2D eigenvalue weighted by molar-refractivity contribution is 7.89. The van der Waals surface area contributed by atoms with Crippen molar-refractivity contribution in [1.29, 1.82) is 0 Å². The highest BCUT2D eigenvalue weighted by atomic mass is 32.2. The van der Waals surface area contributed by atoms with Crippen molar-refractivity contribution in [2.24, 2.45) is 0 Å². The van der Waals surface area contributed by atoms with Crippen molar-refractivity contribution in [3.63, 3.8) is 0 Å². The van der Waals surface area contributed by atoms with Gasteiger partial charge in [0.2, 0.25) is 10.0 Å². The third kappa shape index (κ3) is 4.36. The lowest BCUT2D eigenvalue weighted by Crippen LogP contribution is -2.49. The first-order valence-corrected chi connectivity index (χ1v) is 11.1. The molecule has 1 saturated heterocycles. The fourth-order valence-electron chi connectivity index (χ4n) is 3.57. The van der Waals surface area contributed by atoms with Crippen LogP contribution in [-0.4, -0.2) is 44.7 Å². The number of carbonyl (C=O) groups excluding carboxylic acids is 1. The van der Waals surface area contributed by atoms with Gasteiger partial charge in [-0.05, 0) is 42.2 Å². The van der Waals surface area contributed by atoms with Gasteiger partial charge >= 0.3 is 0 Å². The number of sulfonamides is 1. The van der Waals surface area contributed by atoms with Crippen molar-refractivity contribution in [1.82, 2.24) is 4.31 Å². The quantitative estimate of drug-likeness (QED) is 0.708. The molecule has 0 bridgehead atoms. The largest absolute Gasteiger partial charge is 0.368 e. The van der Waals surface area contributed by atoms with E-state index in [0.29, 0.717) is 18.8 Å². The fourth-order valence-corrected chi connectivity index (χ4v) is 4.99. The summed E-state index contributed by atoms with van der Waals surface area (Å²) in [5, 5.41) is 0. The summed E-state index contributed by atoms with van der Waals surface area (Å²) in [4.78, 5) is 14.0. The van der Waals surface area contributed by atoms with Crippen LogP contribution < -0.4 is 4.90 Å². The van der Waals surface area contributed by atoms with Gasteiger partial charge in [0.15, 0.2) is 5.78 Å². The average molecular weight is 419 g/mol. The van der Waals surface area contributed by atoms with Crippen LogP contribution in [0.1, 0.15) is 43.6 Å². The van der Waals surface area contributed by atoms with Crippen LogP contribution in [0.3, 0.4) is 0 Å². The van der Waals surface area contributed by atoms with Gasteiger partial charge in [-0.3, -0.25) is 4.79 Å². The molecule has 0 aromatic heterocycles. The highest BCUT2D eigenvalue weighted by Gasteiger charge is 2.30. The van der Waals surface area contributed by atoms with E-state index in [-0.39, 0.29) is 34.7 Å². The van der Waals surface area contributed by atoms with Crippen LogP contribution >= 0.6 is 0 Å². The van der Waals surface area contributed by atoms with Crippen LogP contribution in [0.4, 0.5) is 10.1 Å². The van der Waals surface area contributed by atoms with Crippen LogP contribution in [0.15, 0.2) is 47.4 Å². The lowest BCUT2D eigenvalue weighted by Gasteiger charge is -2.36. The molecular weight excluding hydrogens is 391 g/mol. The maximum absolute atomic E-state index is 14.1. The van der Waals surface area contributed by atoms with Gasteiger partial charge in [0.1, 0.15) is 5.82 Å². The standard InChI is InChI=1S/C22H27FN2O3S/c1-16(26)21-19(23)6-5-7-20(21)24-12-14-25(15-13-24)29(27,28)18-10-8-17(9-11-18)22(2,3)4/h5-11H,12-15H2,1-4H3. The predicted octanol–water partition coefficient (Wildman–Crippen LogP) is 3.84. The molecule has 3 rings (SSSR count). The number of Topliss-reactive ketones (excluding diaryl/α,β-unsaturated/α-hetero) is 1. The van der Waals surface area contributed by atoms with Crippen molar-refractivity contribution < 1.29 is 17.6 Å². The molecule has 1 fully saturated rings. The number of rotatable bonds is 4. The Labute approximate surface area is 172 Å². The van der Waals surface area contributed by atoms with Crippen LogP contribution in [0.25, 0.3) is 0 Å². The summed E-state index contributed by atoms with van der Waals surface area (Å²) >= 11 is 0. The number of piperazine rings is 1. The van der Waals surface area contributed by atoms with Gasteiger partial charge in [0.25, 0.3) is 0 Å². The van der Waals surface area contributed by atoms with E-state index < -0.39 is 15.8 Å². The molecule has 1 aliphatic heterocycles. The normalized spacial score (nSPS) is 16.1. The Kier molecular flexibility index (Phi) is 5.83. The number of hydrogen-bond donors (Lipinski definition) is 0. The number of benzene rings is 2. The van der Waals surface area contributed by atoms with E-state index in [1.807, 2.05) is 17.0 Å². The van der Waals surface area contributed by atoms with E-state index in [9.17, 15) is 17.6 Å². The summed E-state index contributed by atoms with van der Waals surface area (Å²) in [5.41, 5.74) is 1.60. The molecule has 0 spiro atoms. The highest BCUT2D eigenvalue weighted by Crippen LogP contribution is 2.28. The molecule has 0 aliphatic carbocycles. The Hall–Kier alpha value is -2.25. The van der Waals surface area contributed by atoms with E-state index in [1.165, 1.54) is 17.3 Å². The second-order valence-corrected chi connectivity index (χ2v) is 10.3. The molecule has 5 nitrogen and oxygen atoms in total. The molecule has 2 aromatic carbocycles. The van der Waals surface area contributed by atoms with Crippen LogP contribution in [0, 0.1) is 5.82 Å². The van der Waals surface area contributed by atoms with E-state index in [0.717, 1.165) is 5.56 Å².